The molecule has 2 aromatic heterocycles. The molecule has 0 amide bonds. The summed E-state index contributed by atoms with van der Waals surface area (Å²) in [5.41, 5.74) is 3.26. The zero-order chi connectivity index (χ0) is 14.3. The average molecular weight is 303 g/mol. The minimum absolute atomic E-state index is 0.484. The number of aryl methyl sites for hydroxylation is 3. The summed E-state index contributed by atoms with van der Waals surface area (Å²) in [4.78, 5) is 2.51. The van der Waals surface area contributed by atoms with Crippen LogP contribution in [0.5, 0.6) is 0 Å². The number of nitrogens with zero attached hydrogens (tertiary/aromatic N) is 2. The van der Waals surface area contributed by atoms with Crippen molar-refractivity contribution in [2.75, 3.05) is 0 Å². The molecule has 0 atom stereocenters. The van der Waals surface area contributed by atoms with Crippen LogP contribution in [0.3, 0.4) is 0 Å². The van der Waals surface area contributed by atoms with Crippen LogP contribution in [-0.2, 0) is 6.42 Å². The minimum Gasteiger partial charge on any atom is -0.147 e. The Hall–Kier alpha value is -1.45. The van der Waals surface area contributed by atoms with Gasteiger partial charge in [-0.15, -0.1) is 21.5 Å². The number of hydrogen-bond acceptors (Lipinski definition) is 3. The van der Waals surface area contributed by atoms with Gasteiger partial charge >= 0.3 is 0 Å². The van der Waals surface area contributed by atoms with E-state index >= 15 is 0 Å². The highest BCUT2D eigenvalue weighted by Gasteiger charge is 2.15. The van der Waals surface area contributed by atoms with E-state index in [0.29, 0.717) is 5.15 Å². The molecule has 0 bridgehead atoms. The van der Waals surface area contributed by atoms with Crippen molar-refractivity contribution < 1.29 is 0 Å². The van der Waals surface area contributed by atoms with Gasteiger partial charge in [-0.2, -0.15) is 0 Å². The number of rotatable bonds is 2. The van der Waals surface area contributed by atoms with Crippen molar-refractivity contribution in [1.82, 2.24) is 10.2 Å². The normalized spacial score (nSPS) is 11.2. The predicted octanol–water partition coefficient (Wildman–Crippen LogP) is 5.19. The quantitative estimate of drug-likeness (QED) is 0.651. The van der Waals surface area contributed by atoms with Gasteiger partial charge in [0.15, 0.2) is 5.15 Å². The van der Waals surface area contributed by atoms with E-state index in [9.17, 15) is 0 Å². The van der Waals surface area contributed by atoms with Crippen molar-refractivity contribution in [1.29, 1.82) is 0 Å². The second kappa shape index (κ2) is 5.15. The number of fused-ring (bicyclic) bond motifs is 1. The lowest BCUT2D eigenvalue weighted by Crippen LogP contribution is -1.94. The Balaban J connectivity index is 2.37. The standard InChI is InChI=1S/C16H15ClN2S/c1-4-11-7-8-12(20-11)15-13-9(2)5-6-10(3)14(13)16(17)19-18-15/h5-8H,4H2,1-3H3. The van der Waals surface area contributed by atoms with Crippen molar-refractivity contribution in [3.8, 4) is 10.6 Å². The molecule has 0 saturated heterocycles. The Bertz CT molecular complexity index is 784. The summed E-state index contributed by atoms with van der Waals surface area (Å²) in [5.74, 6) is 0. The molecule has 102 valence electrons. The maximum atomic E-state index is 6.26. The van der Waals surface area contributed by atoms with Crippen molar-refractivity contribution >= 4 is 33.7 Å². The fraction of sp³-hybridized carbons (Fsp3) is 0.250. The molecule has 0 aliphatic carbocycles. The Morgan fingerprint density at radius 2 is 1.70 bits per heavy atom. The molecule has 0 spiro atoms. The number of thiophene rings is 1. The molecule has 3 rings (SSSR count). The van der Waals surface area contributed by atoms with Gasteiger partial charge < -0.3 is 0 Å². The van der Waals surface area contributed by atoms with Gasteiger partial charge in [-0.1, -0.05) is 30.7 Å². The van der Waals surface area contributed by atoms with E-state index in [2.05, 4.69) is 55.2 Å². The Labute approximate surface area is 127 Å². The number of benzene rings is 1. The maximum Gasteiger partial charge on any atom is 0.159 e. The molecule has 0 N–H and O–H groups in total. The van der Waals surface area contributed by atoms with Gasteiger partial charge in [0.2, 0.25) is 0 Å². The molecule has 0 radical (unpaired) electrons. The molecule has 0 fully saturated rings. The summed E-state index contributed by atoms with van der Waals surface area (Å²) in [5, 5.41) is 11.1. The molecular weight excluding hydrogens is 288 g/mol. The fourth-order valence-electron chi connectivity index (χ4n) is 2.44. The van der Waals surface area contributed by atoms with E-state index < -0.39 is 0 Å². The molecular formula is C16H15ClN2S. The molecule has 0 unspecified atom stereocenters. The number of hydrogen-bond donors (Lipinski definition) is 0. The predicted molar refractivity (Wildman–Crippen MR) is 86.7 cm³/mol. The molecule has 0 saturated carbocycles. The van der Waals surface area contributed by atoms with Crippen LogP contribution in [-0.4, -0.2) is 10.2 Å². The van der Waals surface area contributed by atoms with Crippen LogP contribution in [0.2, 0.25) is 5.15 Å². The maximum absolute atomic E-state index is 6.26. The number of halogens is 1. The summed E-state index contributed by atoms with van der Waals surface area (Å²) in [6.45, 7) is 6.32. The highest BCUT2D eigenvalue weighted by Crippen LogP contribution is 2.36. The first-order valence-corrected chi connectivity index (χ1v) is 7.82. The first-order chi connectivity index (χ1) is 9.61. The molecule has 0 aliphatic heterocycles. The lowest BCUT2D eigenvalue weighted by atomic mass is 10.0. The molecule has 1 aromatic carbocycles. The Kier molecular flexibility index (Phi) is 3.48. The summed E-state index contributed by atoms with van der Waals surface area (Å²) in [6, 6.07) is 8.49. The van der Waals surface area contributed by atoms with Gasteiger partial charge in [-0.3, -0.25) is 0 Å². The number of aromatic nitrogens is 2. The van der Waals surface area contributed by atoms with Gasteiger partial charge in [0.25, 0.3) is 0 Å². The zero-order valence-corrected chi connectivity index (χ0v) is 13.3. The molecule has 2 nitrogen and oxygen atoms in total. The largest absolute Gasteiger partial charge is 0.159 e. The first-order valence-electron chi connectivity index (χ1n) is 6.63. The molecule has 0 aliphatic rings. The fourth-order valence-corrected chi connectivity index (χ4v) is 3.66. The zero-order valence-electron chi connectivity index (χ0n) is 11.7. The third-order valence-electron chi connectivity index (χ3n) is 3.55. The van der Waals surface area contributed by atoms with Gasteiger partial charge in [-0.25, -0.2) is 0 Å². The van der Waals surface area contributed by atoms with E-state index in [-0.39, 0.29) is 0 Å². The van der Waals surface area contributed by atoms with Crippen LogP contribution in [0.25, 0.3) is 21.3 Å². The monoisotopic (exact) mass is 302 g/mol. The summed E-state index contributed by atoms with van der Waals surface area (Å²) in [7, 11) is 0. The van der Waals surface area contributed by atoms with E-state index in [0.717, 1.165) is 33.3 Å². The van der Waals surface area contributed by atoms with E-state index in [1.165, 1.54) is 10.4 Å². The van der Waals surface area contributed by atoms with Gasteiger partial charge in [0, 0.05) is 15.6 Å². The molecule has 3 aromatic rings. The second-order valence-electron chi connectivity index (χ2n) is 4.91. The summed E-state index contributed by atoms with van der Waals surface area (Å²) >= 11 is 8.03. The van der Waals surface area contributed by atoms with Crippen LogP contribution in [0.1, 0.15) is 22.9 Å². The third kappa shape index (κ3) is 2.11. The highest BCUT2D eigenvalue weighted by molar-refractivity contribution is 7.15. The van der Waals surface area contributed by atoms with Crippen molar-refractivity contribution in [2.24, 2.45) is 0 Å². The van der Waals surface area contributed by atoms with Crippen molar-refractivity contribution in [3.63, 3.8) is 0 Å². The van der Waals surface area contributed by atoms with Crippen LogP contribution in [0, 0.1) is 13.8 Å². The SMILES string of the molecule is CCc1ccc(-c2nnc(Cl)c3c(C)ccc(C)c23)s1. The first kappa shape index (κ1) is 13.5. The highest BCUT2D eigenvalue weighted by atomic mass is 35.5. The third-order valence-corrected chi connectivity index (χ3v) is 5.05. The molecule has 20 heavy (non-hydrogen) atoms. The average Bonchev–Trinajstić information content (AvgIpc) is 2.91. The molecule has 4 heteroatoms. The topological polar surface area (TPSA) is 25.8 Å². The lowest BCUT2D eigenvalue weighted by molar-refractivity contribution is 1.06. The minimum atomic E-state index is 0.484. The van der Waals surface area contributed by atoms with Crippen LogP contribution < -0.4 is 0 Å². The summed E-state index contributed by atoms with van der Waals surface area (Å²) in [6.07, 6.45) is 1.04. The van der Waals surface area contributed by atoms with Gasteiger partial charge in [0.1, 0.15) is 5.69 Å². The van der Waals surface area contributed by atoms with E-state index in [1.807, 2.05) is 0 Å². The van der Waals surface area contributed by atoms with Crippen LogP contribution in [0.4, 0.5) is 0 Å². The van der Waals surface area contributed by atoms with E-state index in [1.54, 1.807) is 11.3 Å². The van der Waals surface area contributed by atoms with E-state index in [4.69, 9.17) is 11.6 Å². The Morgan fingerprint density at radius 1 is 1.00 bits per heavy atom. The van der Waals surface area contributed by atoms with Gasteiger partial charge in [0.05, 0.1) is 4.88 Å². The van der Waals surface area contributed by atoms with Crippen molar-refractivity contribution in [2.45, 2.75) is 27.2 Å². The smallest absolute Gasteiger partial charge is 0.147 e. The van der Waals surface area contributed by atoms with Crippen LogP contribution >= 0.6 is 22.9 Å². The summed E-state index contributed by atoms with van der Waals surface area (Å²) < 4.78 is 0. The Morgan fingerprint density at radius 3 is 2.35 bits per heavy atom. The van der Waals surface area contributed by atoms with Crippen molar-refractivity contribution in [3.05, 3.63) is 45.4 Å². The lowest BCUT2D eigenvalue weighted by Gasteiger charge is -2.10. The van der Waals surface area contributed by atoms with Gasteiger partial charge in [-0.05, 0) is 43.5 Å². The molecule has 2 heterocycles. The van der Waals surface area contributed by atoms with Crippen LogP contribution in [0.15, 0.2) is 24.3 Å². The second-order valence-corrected chi connectivity index (χ2v) is 6.43.